The lowest BCUT2D eigenvalue weighted by Crippen LogP contribution is -2.08. The molecular formula is C17H18FN3. The zero-order chi connectivity index (χ0) is 15.0. The van der Waals surface area contributed by atoms with Crippen molar-refractivity contribution in [1.29, 1.82) is 0 Å². The zero-order valence-electron chi connectivity index (χ0n) is 12.2. The van der Waals surface area contributed by atoms with Crippen LogP contribution >= 0.6 is 0 Å². The number of hydrogen-bond acceptors (Lipinski definition) is 2. The molecule has 0 aliphatic carbocycles. The van der Waals surface area contributed by atoms with Crippen molar-refractivity contribution in [3.63, 3.8) is 0 Å². The van der Waals surface area contributed by atoms with E-state index in [1.807, 2.05) is 10.6 Å². The third-order valence-electron chi connectivity index (χ3n) is 3.91. The summed E-state index contributed by atoms with van der Waals surface area (Å²) in [5, 5.41) is 0. The minimum atomic E-state index is -0.219. The molecule has 2 N–H and O–H groups in total. The Morgan fingerprint density at radius 1 is 1.19 bits per heavy atom. The van der Waals surface area contributed by atoms with E-state index in [2.05, 4.69) is 31.0 Å². The van der Waals surface area contributed by atoms with E-state index in [1.54, 1.807) is 12.4 Å². The standard InChI is InChI=1S/C17H18FN3/c1-11-8-15-17(9-12(11)2)21(10-20-15)16-5-3-4-14(18)13(16)6-7-19/h3-5,8-10H,6-7,19H2,1-2H3. The molecule has 0 saturated heterocycles. The summed E-state index contributed by atoms with van der Waals surface area (Å²) in [7, 11) is 0. The van der Waals surface area contributed by atoms with E-state index in [1.165, 1.54) is 17.2 Å². The Morgan fingerprint density at radius 2 is 1.95 bits per heavy atom. The minimum Gasteiger partial charge on any atom is -0.330 e. The molecule has 1 aromatic heterocycles. The summed E-state index contributed by atoms with van der Waals surface area (Å²) in [6.07, 6.45) is 2.25. The van der Waals surface area contributed by atoms with Crippen LogP contribution in [0.2, 0.25) is 0 Å². The summed E-state index contributed by atoms with van der Waals surface area (Å²) in [5.41, 5.74) is 11.4. The molecule has 4 heteroatoms. The van der Waals surface area contributed by atoms with Crippen molar-refractivity contribution in [3.05, 3.63) is 59.2 Å². The highest BCUT2D eigenvalue weighted by atomic mass is 19.1. The van der Waals surface area contributed by atoms with Crippen molar-refractivity contribution in [2.24, 2.45) is 5.73 Å². The minimum absolute atomic E-state index is 0.219. The van der Waals surface area contributed by atoms with E-state index in [0.717, 1.165) is 16.7 Å². The normalized spacial score (nSPS) is 11.2. The maximum Gasteiger partial charge on any atom is 0.128 e. The van der Waals surface area contributed by atoms with Gasteiger partial charge in [0.15, 0.2) is 0 Å². The van der Waals surface area contributed by atoms with Gasteiger partial charge < -0.3 is 5.73 Å². The average Bonchev–Trinajstić information content (AvgIpc) is 2.84. The number of rotatable bonds is 3. The highest BCUT2D eigenvalue weighted by molar-refractivity contribution is 5.79. The van der Waals surface area contributed by atoms with Crippen LogP contribution in [0.4, 0.5) is 4.39 Å². The highest BCUT2D eigenvalue weighted by Crippen LogP contribution is 2.25. The van der Waals surface area contributed by atoms with Crippen LogP contribution in [0.25, 0.3) is 16.7 Å². The second-order valence-corrected chi connectivity index (χ2v) is 5.32. The van der Waals surface area contributed by atoms with Gasteiger partial charge in [0.2, 0.25) is 0 Å². The van der Waals surface area contributed by atoms with Crippen LogP contribution in [-0.4, -0.2) is 16.1 Å². The van der Waals surface area contributed by atoms with Gasteiger partial charge in [-0.3, -0.25) is 4.57 Å². The molecule has 0 saturated carbocycles. The fourth-order valence-electron chi connectivity index (χ4n) is 2.62. The molecule has 3 rings (SSSR count). The van der Waals surface area contributed by atoms with Crippen molar-refractivity contribution in [2.45, 2.75) is 20.3 Å². The summed E-state index contributed by atoms with van der Waals surface area (Å²) in [4.78, 5) is 4.44. The molecule has 3 aromatic rings. The lowest BCUT2D eigenvalue weighted by molar-refractivity contribution is 0.608. The molecular weight excluding hydrogens is 265 g/mol. The Hall–Kier alpha value is -2.20. The Kier molecular flexibility index (Phi) is 3.47. The molecule has 0 aliphatic rings. The molecule has 0 radical (unpaired) electrons. The second kappa shape index (κ2) is 5.30. The number of halogens is 1. The first kappa shape index (κ1) is 13.8. The lowest BCUT2D eigenvalue weighted by Gasteiger charge is -2.12. The van der Waals surface area contributed by atoms with Gasteiger partial charge in [-0.1, -0.05) is 6.07 Å². The number of nitrogens with zero attached hydrogens (tertiary/aromatic N) is 2. The molecule has 0 bridgehead atoms. The van der Waals surface area contributed by atoms with Gasteiger partial charge in [-0.2, -0.15) is 0 Å². The number of hydrogen-bond donors (Lipinski definition) is 1. The number of imidazole rings is 1. The first-order valence-corrected chi connectivity index (χ1v) is 7.04. The summed E-state index contributed by atoms with van der Waals surface area (Å²) in [6.45, 7) is 4.55. The van der Waals surface area contributed by atoms with E-state index in [0.29, 0.717) is 18.5 Å². The van der Waals surface area contributed by atoms with E-state index in [4.69, 9.17) is 5.73 Å². The third-order valence-corrected chi connectivity index (χ3v) is 3.91. The Balaban J connectivity index is 2.26. The second-order valence-electron chi connectivity index (χ2n) is 5.32. The number of nitrogens with two attached hydrogens (primary N) is 1. The third kappa shape index (κ3) is 2.32. The van der Waals surface area contributed by atoms with Crippen LogP contribution in [0, 0.1) is 19.7 Å². The van der Waals surface area contributed by atoms with Crippen LogP contribution in [0.15, 0.2) is 36.7 Å². The Labute approximate surface area is 123 Å². The lowest BCUT2D eigenvalue weighted by atomic mass is 10.1. The molecule has 0 aliphatic heterocycles. The van der Waals surface area contributed by atoms with E-state index >= 15 is 0 Å². The van der Waals surface area contributed by atoms with Crippen LogP contribution in [0.3, 0.4) is 0 Å². The summed E-state index contributed by atoms with van der Waals surface area (Å²) < 4.78 is 16.0. The molecule has 21 heavy (non-hydrogen) atoms. The Morgan fingerprint density at radius 3 is 2.71 bits per heavy atom. The fraction of sp³-hybridized carbons (Fsp3) is 0.235. The first-order chi connectivity index (χ1) is 10.1. The van der Waals surface area contributed by atoms with Gasteiger partial charge in [-0.25, -0.2) is 9.37 Å². The molecule has 0 unspecified atom stereocenters. The van der Waals surface area contributed by atoms with Crippen molar-refractivity contribution in [1.82, 2.24) is 9.55 Å². The molecule has 1 heterocycles. The Bertz CT molecular complexity index is 805. The van der Waals surface area contributed by atoms with E-state index in [-0.39, 0.29) is 5.82 Å². The fourth-order valence-corrected chi connectivity index (χ4v) is 2.62. The number of benzene rings is 2. The SMILES string of the molecule is Cc1cc2ncn(-c3cccc(F)c3CCN)c2cc1C. The molecule has 0 fully saturated rings. The largest absolute Gasteiger partial charge is 0.330 e. The molecule has 3 nitrogen and oxygen atoms in total. The van der Waals surface area contributed by atoms with Gasteiger partial charge in [-0.15, -0.1) is 0 Å². The average molecular weight is 283 g/mol. The van der Waals surface area contributed by atoms with Gasteiger partial charge in [0.05, 0.1) is 16.7 Å². The predicted molar refractivity (Wildman–Crippen MR) is 83.3 cm³/mol. The summed E-state index contributed by atoms with van der Waals surface area (Å²) in [5.74, 6) is -0.219. The van der Waals surface area contributed by atoms with Gasteiger partial charge in [0.1, 0.15) is 12.1 Å². The van der Waals surface area contributed by atoms with Gasteiger partial charge in [-0.05, 0) is 62.2 Å². The highest BCUT2D eigenvalue weighted by Gasteiger charge is 2.12. The number of aromatic nitrogens is 2. The molecule has 0 amide bonds. The molecule has 0 spiro atoms. The van der Waals surface area contributed by atoms with Crippen molar-refractivity contribution >= 4 is 11.0 Å². The quantitative estimate of drug-likeness (QED) is 0.801. The monoisotopic (exact) mass is 283 g/mol. The van der Waals surface area contributed by atoms with Crippen LogP contribution in [0.1, 0.15) is 16.7 Å². The maximum atomic E-state index is 14.1. The summed E-state index contributed by atoms with van der Waals surface area (Å²) in [6, 6.07) is 9.25. The van der Waals surface area contributed by atoms with Gasteiger partial charge >= 0.3 is 0 Å². The van der Waals surface area contributed by atoms with Crippen molar-refractivity contribution < 1.29 is 4.39 Å². The van der Waals surface area contributed by atoms with Crippen LogP contribution in [-0.2, 0) is 6.42 Å². The number of fused-ring (bicyclic) bond motifs is 1. The van der Waals surface area contributed by atoms with Crippen molar-refractivity contribution in [3.8, 4) is 5.69 Å². The molecule has 108 valence electrons. The molecule has 2 aromatic carbocycles. The van der Waals surface area contributed by atoms with Gasteiger partial charge in [0.25, 0.3) is 0 Å². The first-order valence-electron chi connectivity index (χ1n) is 7.04. The van der Waals surface area contributed by atoms with E-state index in [9.17, 15) is 4.39 Å². The topological polar surface area (TPSA) is 43.8 Å². The molecule has 0 atom stereocenters. The maximum absolute atomic E-state index is 14.1. The summed E-state index contributed by atoms with van der Waals surface area (Å²) >= 11 is 0. The number of aryl methyl sites for hydroxylation is 2. The smallest absolute Gasteiger partial charge is 0.128 e. The van der Waals surface area contributed by atoms with E-state index < -0.39 is 0 Å². The van der Waals surface area contributed by atoms with Gasteiger partial charge in [0, 0.05) is 5.56 Å². The predicted octanol–water partition coefficient (Wildman–Crippen LogP) is 3.28. The van der Waals surface area contributed by atoms with Crippen LogP contribution in [0.5, 0.6) is 0 Å². The van der Waals surface area contributed by atoms with Crippen molar-refractivity contribution in [2.75, 3.05) is 6.54 Å². The van der Waals surface area contributed by atoms with Crippen LogP contribution < -0.4 is 5.73 Å². The zero-order valence-corrected chi connectivity index (χ0v) is 12.2.